The van der Waals surface area contributed by atoms with Gasteiger partial charge in [0.15, 0.2) is 5.13 Å². The number of urea groups is 1. The van der Waals surface area contributed by atoms with Crippen LogP contribution >= 0.6 is 11.3 Å². The van der Waals surface area contributed by atoms with E-state index in [9.17, 15) is 9.59 Å². The molecule has 2 aromatic rings. The fourth-order valence-electron chi connectivity index (χ4n) is 4.15. The zero-order valence-corrected chi connectivity index (χ0v) is 17.7. The van der Waals surface area contributed by atoms with Crippen molar-refractivity contribution in [2.45, 2.75) is 53.0 Å². The molecule has 3 amide bonds. The van der Waals surface area contributed by atoms with Gasteiger partial charge in [-0.3, -0.25) is 10.1 Å². The van der Waals surface area contributed by atoms with Crippen LogP contribution in [0.3, 0.4) is 0 Å². The summed E-state index contributed by atoms with van der Waals surface area (Å²) in [6, 6.07) is 8.97. The number of anilines is 2. The van der Waals surface area contributed by atoms with Crippen molar-refractivity contribution < 1.29 is 9.59 Å². The fourth-order valence-corrected chi connectivity index (χ4v) is 5.01. The Morgan fingerprint density at radius 2 is 1.86 bits per heavy atom. The highest BCUT2D eigenvalue weighted by Crippen LogP contribution is 2.38. The van der Waals surface area contributed by atoms with Crippen LogP contribution in [-0.4, -0.2) is 23.0 Å². The molecule has 150 valence electrons. The summed E-state index contributed by atoms with van der Waals surface area (Å²) in [4.78, 5) is 29.8. The molecule has 1 fully saturated rings. The van der Waals surface area contributed by atoms with Gasteiger partial charge >= 0.3 is 6.03 Å². The predicted molar refractivity (Wildman–Crippen MR) is 114 cm³/mol. The van der Waals surface area contributed by atoms with Crippen molar-refractivity contribution in [2.75, 3.05) is 10.6 Å². The van der Waals surface area contributed by atoms with Gasteiger partial charge in [0.05, 0.1) is 5.69 Å². The minimum Gasteiger partial charge on any atom is -0.349 e. The van der Waals surface area contributed by atoms with E-state index in [4.69, 9.17) is 0 Å². The van der Waals surface area contributed by atoms with Crippen LogP contribution in [-0.2, 0) is 0 Å². The Morgan fingerprint density at radius 3 is 2.54 bits per heavy atom. The molecule has 0 aliphatic heterocycles. The summed E-state index contributed by atoms with van der Waals surface area (Å²) in [5.74, 6) is 0.483. The molecule has 1 heterocycles. The van der Waals surface area contributed by atoms with Crippen molar-refractivity contribution in [1.29, 1.82) is 0 Å². The molecule has 0 radical (unpaired) electrons. The van der Waals surface area contributed by atoms with Crippen LogP contribution in [0.2, 0.25) is 0 Å². The Hall–Kier alpha value is -2.41. The minimum absolute atomic E-state index is 0.110. The van der Waals surface area contributed by atoms with Crippen LogP contribution in [0.1, 0.15) is 55.4 Å². The average molecular weight is 401 g/mol. The van der Waals surface area contributed by atoms with Crippen molar-refractivity contribution in [2.24, 2.45) is 11.3 Å². The van der Waals surface area contributed by atoms with Crippen molar-refractivity contribution >= 4 is 34.1 Å². The molecule has 7 heteroatoms. The van der Waals surface area contributed by atoms with Crippen LogP contribution in [0.15, 0.2) is 30.3 Å². The van der Waals surface area contributed by atoms with E-state index in [1.807, 2.05) is 18.2 Å². The molecule has 1 saturated carbocycles. The molecule has 0 saturated heterocycles. The molecule has 28 heavy (non-hydrogen) atoms. The lowest BCUT2D eigenvalue weighted by Crippen LogP contribution is -2.42. The number of amides is 3. The first-order chi connectivity index (χ1) is 13.2. The van der Waals surface area contributed by atoms with Gasteiger partial charge in [0.2, 0.25) is 0 Å². The monoisotopic (exact) mass is 400 g/mol. The molecular weight excluding hydrogens is 372 g/mol. The number of thiazole rings is 1. The van der Waals surface area contributed by atoms with E-state index in [1.165, 1.54) is 17.8 Å². The zero-order valence-electron chi connectivity index (χ0n) is 16.8. The highest BCUT2D eigenvalue weighted by atomic mass is 32.1. The molecule has 1 aromatic carbocycles. The molecule has 1 aromatic heterocycles. The number of carbonyl (C=O) groups is 2. The Bertz CT molecular complexity index is 847. The maximum atomic E-state index is 12.8. The standard InChI is InChI=1S/C21H28N4O2S/c1-13-10-16(12-21(3,4)11-13)23-18(26)17-14(2)22-20(28-17)25-19(27)24-15-8-6-5-7-9-15/h5-9,13,16H,10-12H2,1-4H3,(H,23,26)(H2,22,24,25,27). The number of hydrogen-bond donors (Lipinski definition) is 3. The first-order valence-electron chi connectivity index (χ1n) is 9.63. The summed E-state index contributed by atoms with van der Waals surface area (Å²) >= 11 is 1.20. The maximum absolute atomic E-state index is 12.8. The van der Waals surface area contributed by atoms with Gasteiger partial charge in [-0.15, -0.1) is 0 Å². The highest BCUT2D eigenvalue weighted by Gasteiger charge is 2.33. The van der Waals surface area contributed by atoms with Crippen molar-refractivity contribution in [3.8, 4) is 0 Å². The summed E-state index contributed by atoms with van der Waals surface area (Å²) in [6.07, 6.45) is 3.16. The van der Waals surface area contributed by atoms with E-state index in [2.05, 4.69) is 41.7 Å². The van der Waals surface area contributed by atoms with E-state index < -0.39 is 0 Å². The minimum atomic E-state index is -0.380. The second-order valence-electron chi connectivity index (χ2n) is 8.46. The molecular formula is C21H28N4O2S. The van der Waals surface area contributed by atoms with Gasteiger partial charge in [-0.25, -0.2) is 9.78 Å². The molecule has 0 bridgehead atoms. The van der Waals surface area contributed by atoms with Gasteiger partial charge in [0.25, 0.3) is 5.91 Å². The van der Waals surface area contributed by atoms with Crippen LogP contribution in [0.25, 0.3) is 0 Å². The number of carbonyl (C=O) groups excluding carboxylic acids is 2. The van der Waals surface area contributed by atoms with Crippen LogP contribution in [0.4, 0.5) is 15.6 Å². The number of para-hydroxylation sites is 1. The highest BCUT2D eigenvalue weighted by molar-refractivity contribution is 7.17. The Balaban J connectivity index is 1.61. The van der Waals surface area contributed by atoms with Crippen molar-refractivity contribution in [3.63, 3.8) is 0 Å². The third-order valence-electron chi connectivity index (χ3n) is 4.98. The van der Waals surface area contributed by atoms with E-state index in [-0.39, 0.29) is 23.4 Å². The quantitative estimate of drug-likeness (QED) is 0.672. The molecule has 1 aliphatic rings. The lowest BCUT2D eigenvalue weighted by Gasteiger charge is -2.39. The second kappa shape index (κ2) is 8.31. The van der Waals surface area contributed by atoms with E-state index in [0.29, 0.717) is 27.3 Å². The SMILES string of the molecule is Cc1nc(NC(=O)Nc2ccccc2)sc1C(=O)NC1CC(C)CC(C)(C)C1. The second-order valence-corrected chi connectivity index (χ2v) is 9.46. The average Bonchev–Trinajstić information content (AvgIpc) is 2.94. The first kappa shape index (κ1) is 20.3. The third-order valence-corrected chi connectivity index (χ3v) is 6.05. The number of aromatic nitrogens is 1. The van der Waals surface area contributed by atoms with E-state index in [0.717, 1.165) is 12.8 Å². The molecule has 6 nitrogen and oxygen atoms in total. The predicted octanol–water partition coefficient (Wildman–Crippen LogP) is 5.04. The molecule has 2 atom stereocenters. The topological polar surface area (TPSA) is 83.1 Å². The number of benzene rings is 1. The summed E-state index contributed by atoms with van der Waals surface area (Å²) in [6.45, 7) is 8.55. The summed E-state index contributed by atoms with van der Waals surface area (Å²) in [5, 5.41) is 9.03. The summed E-state index contributed by atoms with van der Waals surface area (Å²) in [7, 11) is 0. The van der Waals surface area contributed by atoms with Gasteiger partial charge in [-0.1, -0.05) is 50.3 Å². The zero-order chi connectivity index (χ0) is 20.3. The van der Waals surface area contributed by atoms with Gasteiger partial charge < -0.3 is 10.6 Å². The largest absolute Gasteiger partial charge is 0.349 e. The normalized spacial score (nSPS) is 21.0. The number of rotatable bonds is 4. The number of aryl methyl sites for hydroxylation is 1. The van der Waals surface area contributed by atoms with Crippen molar-refractivity contribution in [1.82, 2.24) is 10.3 Å². The van der Waals surface area contributed by atoms with Crippen LogP contribution < -0.4 is 16.0 Å². The number of nitrogens with zero attached hydrogens (tertiary/aromatic N) is 1. The molecule has 0 spiro atoms. The van der Waals surface area contributed by atoms with Crippen LogP contribution in [0.5, 0.6) is 0 Å². The summed E-state index contributed by atoms with van der Waals surface area (Å²) < 4.78 is 0. The fraction of sp³-hybridized carbons (Fsp3) is 0.476. The van der Waals surface area contributed by atoms with Gasteiger partial charge in [-0.2, -0.15) is 0 Å². The van der Waals surface area contributed by atoms with Crippen molar-refractivity contribution in [3.05, 3.63) is 40.9 Å². The van der Waals surface area contributed by atoms with Gasteiger partial charge in [0.1, 0.15) is 4.88 Å². The number of hydrogen-bond acceptors (Lipinski definition) is 4. The lowest BCUT2D eigenvalue weighted by molar-refractivity contribution is 0.0877. The lowest BCUT2D eigenvalue weighted by atomic mass is 9.70. The van der Waals surface area contributed by atoms with E-state index >= 15 is 0 Å². The van der Waals surface area contributed by atoms with Crippen LogP contribution in [0, 0.1) is 18.3 Å². The van der Waals surface area contributed by atoms with E-state index in [1.54, 1.807) is 19.1 Å². The Labute approximate surface area is 170 Å². The maximum Gasteiger partial charge on any atom is 0.325 e. The molecule has 3 rings (SSSR count). The molecule has 3 N–H and O–H groups in total. The summed E-state index contributed by atoms with van der Waals surface area (Å²) in [5.41, 5.74) is 1.56. The van der Waals surface area contributed by atoms with Gasteiger partial charge in [-0.05, 0) is 49.7 Å². The molecule has 1 aliphatic carbocycles. The smallest absolute Gasteiger partial charge is 0.325 e. The third kappa shape index (κ3) is 5.32. The number of nitrogens with one attached hydrogen (secondary N) is 3. The Kier molecular flexibility index (Phi) is 6.03. The molecule has 2 unspecified atom stereocenters. The Morgan fingerprint density at radius 1 is 1.14 bits per heavy atom. The van der Waals surface area contributed by atoms with Gasteiger partial charge in [0, 0.05) is 11.7 Å². The first-order valence-corrected chi connectivity index (χ1v) is 10.4.